The Morgan fingerprint density at radius 1 is 0.482 bits per heavy atom. The van der Waals surface area contributed by atoms with Crippen LogP contribution in [0.15, 0.2) is 122 Å². The number of benzene rings is 5. The third-order valence-corrected chi connectivity index (χ3v) is 13.8. The number of halogens is 4. The molecule has 2 amide bonds. The normalized spacial score (nSPS) is 11.9. The Morgan fingerprint density at radius 3 is 1.12 bits per heavy atom. The van der Waals surface area contributed by atoms with Gasteiger partial charge in [-0.1, -0.05) is 0 Å². The Hall–Kier alpha value is -8.16. The van der Waals surface area contributed by atoms with Crippen LogP contribution in [0.3, 0.4) is 0 Å². The van der Waals surface area contributed by atoms with Crippen molar-refractivity contribution in [2.75, 3.05) is 96.4 Å². The minimum absolute atomic E-state index is 0.0393. The van der Waals surface area contributed by atoms with Gasteiger partial charge in [-0.2, -0.15) is 9.98 Å². The zero-order chi connectivity index (χ0) is 60.5. The SMILES string of the molecule is CCOc1cc(OCCOCCOCCNS(=O)(=O)c2ccc(Nc3c(F)cc(/C=C(\C)C(=O)N=C(N)N)cc3F)cc2)cc(OCCOCCOCCNS(=O)(=O)c2ccc(Nc3c(F)cc(/C=C(\C)C(=O)N=C(N)N)cc3F)cc2)c1. The molecule has 23 nitrogen and oxygen atoms in total. The highest BCUT2D eigenvalue weighted by Gasteiger charge is 2.18. The van der Waals surface area contributed by atoms with E-state index in [2.05, 4.69) is 30.1 Å². The molecule has 5 aromatic carbocycles. The molecule has 83 heavy (non-hydrogen) atoms. The summed E-state index contributed by atoms with van der Waals surface area (Å²) in [6.45, 7) is 6.47. The number of sulfonamides is 2. The van der Waals surface area contributed by atoms with Crippen molar-refractivity contribution in [2.45, 2.75) is 30.6 Å². The second kappa shape index (κ2) is 32.5. The van der Waals surface area contributed by atoms with Crippen molar-refractivity contribution >= 4 is 78.7 Å². The van der Waals surface area contributed by atoms with Crippen LogP contribution < -0.4 is 57.2 Å². The number of amides is 2. The predicted octanol–water partition coefficient (Wildman–Crippen LogP) is 5.32. The molecule has 0 fully saturated rings. The summed E-state index contributed by atoms with van der Waals surface area (Å²) < 4.78 is 155. The number of ether oxygens (including phenoxy) is 7. The summed E-state index contributed by atoms with van der Waals surface area (Å²) in [6, 6.07) is 19.5. The van der Waals surface area contributed by atoms with Gasteiger partial charge in [0.2, 0.25) is 20.0 Å². The van der Waals surface area contributed by atoms with E-state index in [1.165, 1.54) is 74.5 Å². The van der Waals surface area contributed by atoms with Gasteiger partial charge >= 0.3 is 0 Å². The number of anilines is 4. The molecule has 0 radical (unpaired) electrons. The van der Waals surface area contributed by atoms with Gasteiger partial charge in [0.25, 0.3) is 11.8 Å². The molecule has 0 saturated carbocycles. The van der Waals surface area contributed by atoms with E-state index in [0.717, 1.165) is 24.3 Å². The Kier molecular flexibility index (Phi) is 25.7. The number of carbonyl (C=O) groups is 2. The first-order valence-electron chi connectivity index (χ1n) is 25.2. The maximum absolute atomic E-state index is 14.9. The number of hydrogen-bond donors (Lipinski definition) is 8. The zero-order valence-corrected chi connectivity index (χ0v) is 47.0. The lowest BCUT2D eigenvalue weighted by Gasteiger charge is -2.13. The number of nitrogens with two attached hydrogens (primary N) is 4. The molecule has 5 rings (SSSR count). The maximum Gasteiger partial charge on any atom is 0.275 e. The van der Waals surface area contributed by atoms with Crippen LogP contribution in [0, 0.1) is 23.3 Å². The summed E-state index contributed by atoms with van der Waals surface area (Å²) in [6.07, 6.45) is 2.43. The van der Waals surface area contributed by atoms with Gasteiger partial charge in [0.15, 0.2) is 11.9 Å². The standard InChI is InChI=1S/C54H64F4N10O13S2/c1-4-79-40-31-41(80-23-21-77-19-17-75-15-13-63-82(71,72)43-9-5-38(6-10-43)65-49-45(55)27-36(28-46(49)56)25-34(2)51(69)67-53(59)60)33-42(32-40)81-24-22-78-20-18-76-16-14-64-83(73,74)44-11-7-39(8-12-44)66-50-47(57)29-37(30-48(50)58)26-35(3)52(70)68-54(61)62/h5-12,25-33,63-66H,4,13-24H2,1-3H3,(H4,59,60,67,69)(H4,61,62,68,70)/b34-25+,35-26+. The molecule has 0 atom stereocenters. The molecule has 448 valence electrons. The van der Waals surface area contributed by atoms with Crippen molar-refractivity contribution in [3.8, 4) is 17.2 Å². The molecule has 5 aromatic rings. The number of aliphatic imine (C=N–C) groups is 2. The van der Waals surface area contributed by atoms with Gasteiger partial charge in [0, 0.05) is 53.8 Å². The van der Waals surface area contributed by atoms with Crippen molar-refractivity contribution in [3.05, 3.63) is 137 Å². The van der Waals surface area contributed by atoms with E-state index in [0.29, 0.717) is 23.9 Å². The number of guanidine groups is 2. The second-order valence-electron chi connectivity index (χ2n) is 17.4. The minimum Gasteiger partial charge on any atom is -0.494 e. The van der Waals surface area contributed by atoms with Crippen LogP contribution in [-0.2, 0) is 48.6 Å². The van der Waals surface area contributed by atoms with E-state index < -0.39 is 78.4 Å². The summed E-state index contributed by atoms with van der Waals surface area (Å²) in [4.78, 5) is 30.5. The minimum atomic E-state index is -3.95. The summed E-state index contributed by atoms with van der Waals surface area (Å²) in [5.41, 5.74) is 20.4. The Labute approximate surface area is 477 Å². The first-order valence-corrected chi connectivity index (χ1v) is 28.2. The molecule has 0 unspecified atom stereocenters. The lowest BCUT2D eigenvalue weighted by molar-refractivity contribution is -0.115. The second-order valence-corrected chi connectivity index (χ2v) is 20.9. The topological polar surface area (TPSA) is 344 Å². The molecule has 29 heteroatoms. The highest BCUT2D eigenvalue weighted by atomic mass is 32.2. The quantitative estimate of drug-likeness (QED) is 0.00849. The van der Waals surface area contributed by atoms with Gasteiger partial charge in [-0.15, -0.1) is 0 Å². The predicted molar refractivity (Wildman–Crippen MR) is 303 cm³/mol. The first kappa shape index (κ1) is 65.6. The largest absolute Gasteiger partial charge is 0.494 e. The summed E-state index contributed by atoms with van der Waals surface area (Å²) in [5, 5.41) is 5.18. The molecular formula is C54H64F4N10O13S2. The fraction of sp³-hybridized carbons (Fsp3) is 0.296. The first-order chi connectivity index (χ1) is 39.5. The van der Waals surface area contributed by atoms with E-state index >= 15 is 0 Å². The molecule has 0 aliphatic heterocycles. The molecule has 0 spiro atoms. The molecule has 0 aliphatic rings. The fourth-order valence-electron chi connectivity index (χ4n) is 7.06. The van der Waals surface area contributed by atoms with E-state index in [4.69, 9.17) is 56.1 Å². The van der Waals surface area contributed by atoms with E-state index in [1.54, 1.807) is 18.2 Å². The highest BCUT2D eigenvalue weighted by molar-refractivity contribution is 7.89. The average molecular weight is 1200 g/mol. The molecular weight excluding hydrogens is 1140 g/mol. The van der Waals surface area contributed by atoms with Crippen LogP contribution in [0.2, 0.25) is 0 Å². The highest BCUT2D eigenvalue weighted by Crippen LogP contribution is 2.30. The molecule has 12 N–H and O–H groups in total. The van der Waals surface area contributed by atoms with Gasteiger partial charge in [-0.3, -0.25) is 9.59 Å². The van der Waals surface area contributed by atoms with Gasteiger partial charge in [-0.05, 0) is 117 Å². The summed E-state index contributed by atoms with van der Waals surface area (Å²) in [5.74, 6) is -4.88. The van der Waals surface area contributed by atoms with Crippen LogP contribution in [0.4, 0.5) is 40.3 Å². The number of carbonyl (C=O) groups excluding carboxylic acids is 2. The number of hydrogen-bond acceptors (Lipinski definition) is 15. The van der Waals surface area contributed by atoms with Crippen molar-refractivity contribution in [3.63, 3.8) is 0 Å². The fourth-order valence-corrected chi connectivity index (χ4v) is 9.08. The van der Waals surface area contributed by atoms with Crippen molar-refractivity contribution in [2.24, 2.45) is 32.9 Å². The lowest BCUT2D eigenvalue weighted by atomic mass is 10.1. The van der Waals surface area contributed by atoms with Crippen molar-refractivity contribution < 1.29 is 77.1 Å². The third-order valence-electron chi connectivity index (χ3n) is 10.9. The van der Waals surface area contributed by atoms with Crippen LogP contribution in [0.5, 0.6) is 17.2 Å². The van der Waals surface area contributed by atoms with Crippen LogP contribution in [-0.4, -0.2) is 126 Å². The maximum atomic E-state index is 14.9. The molecule has 0 saturated heterocycles. The third kappa shape index (κ3) is 22.3. The number of nitrogens with one attached hydrogen (secondary N) is 4. The Bertz CT molecular complexity index is 3110. The van der Waals surface area contributed by atoms with Crippen LogP contribution in [0.25, 0.3) is 12.2 Å². The Balaban J connectivity index is 0.913. The lowest BCUT2D eigenvalue weighted by Crippen LogP contribution is -2.27. The Morgan fingerprint density at radius 2 is 0.795 bits per heavy atom. The van der Waals surface area contributed by atoms with E-state index in [9.17, 15) is 44.0 Å². The molecule has 0 aliphatic carbocycles. The smallest absolute Gasteiger partial charge is 0.275 e. The summed E-state index contributed by atoms with van der Waals surface area (Å²) >= 11 is 0. The van der Waals surface area contributed by atoms with Crippen LogP contribution in [0.1, 0.15) is 31.9 Å². The number of nitrogens with zero attached hydrogens (tertiary/aromatic N) is 2. The average Bonchev–Trinajstić information content (AvgIpc) is 3.45. The van der Waals surface area contributed by atoms with Gasteiger partial charge in [-0.25, -0.2) is 43.8 Å². The zero-order valence-electron chi connectivity index (χ0n) is 45.3. The molecule has 0 heterocycles. The van der Waals surface area contributed by atoms with Gasteiger partial charge < -0.3 is 66.7 Å². The molecule has 0 aromatic heterocycles. The monoisotopic (exact) mass is 1200 g/mol. The summed E-state index contributed by atoms with van der Waals surface area (Å²) in [7, 11) is -7.90. The van der Waals surface area contributed by atoms with Gasteiger partial charge in [0.1, 0.15) is 65.1 Å². The number of rotatable bonds is 34. The van der Waals surface area contributed by atoms with Gasteiger partial charge in [0.05, 0.1) is 69.3 Å². The van der Waals surface area contributed by atoms with Crippen molar-refractivity contribution in [1.82, 2.24) is 9.44 Å². The molecule has 0 bridgehead atoms. The van der Waals surface area contributed by atoms with Crippen LogP contribution >= 0.6 is 0 Å². The van der Waals surface area contributed by atoms with E-state index in [1.807, 2.05) is 6.92 Å². The van der Waals surface area contributed by atoms with E-state index in [-0.39, 0.29) is 123 Å². The van der Waals surface area contributed by atoms with Crippen molar-refractivity contribution in [1.29, 1.82) is 0 Å².